The van der Waals surface area contributed by atoms with Crippen LogP contribution >= 0.6 is 11.3 Å². The van der Waals surface area contributed by atoms with Crippen LogP contribution in [-0.4, -0.2) is 98.8 Å². The van der Waals surface area contributed by atoms with Crippen molar-refractivity contribution in [1.29, 1.82) is 0 Å². The van der Waals surface area contributed by atoms with Gasteiger partial charge in [-0.1, -0.05) is 72.7 Å². The van der Waals surface area contributed by atoms with E-state index in [4.69, 9.17) is 19.6 Å². The molecule has 0 radical (unpaired) electrons. The summed E-state index contributed by atoms with van der Waals surface area (Å²) in [6.07, 6.45) is 9.57. The standard InChI is InChI=1S/C62H71N9O6S/c1-38(69-33-35-70(36-34-69)50-20-11-18-46-55(67-68(6)57(46)50)47-28-30-54(72)65-59(47)74)13-9-14-40-23-25-42(26-24-40)76-51-21-12-16-43(39(51)2)44-27-29-53(64-56(44)60(75)77-62(3,4)5)71-32-31-41-15-10-17-45(48(41)37-71)58(73)66-61-63-49-19-7-8-22-52(49)78-61/h7-8,10-12,15-22,27,29,38,40,42,47H,9,13-14,23-26,28,30-37H2,1-6H3,(H,63,66,73)(H,65,72,74)/t38-,40?,42?,47?/m1/s1. The summed E-state index contributed by atoms with van der Waals surface area (Å²) >= 11 is 1.45. The van der Waals surface area contributed by atoms with Crippen LogP contribution < -0.4 is 25.2 Å². The predicted octanol–water partition coefficient (Wildman–Crippen LogP) is 11.2. The number of para-hydroxylation sites is 2. The number of amides is 3. The number of rotatable bonds is 14. The molecule has 0 bridgehead atoms. The summed E-state index contributed by atoms with van der Waals surface area (Å²) in [6.45, 7) is 15.0. The number of aryl methyl sites for hydroxylation is 1. The van der Waals surface area contributed by atoms with Crippen molar-refractivity contribution < 1.29 is 28.7 Å². The van der Waals surface area contributed by atoms with Crippen molar-refractivity contribution in [2.75, 3.05) is 47.8 Å². The van der Waals surface area contributed by atoms with Crippen molar-refractivity contribution in [3.05, 3.63) is 125 Å². The third-order valence-corrected chi connectivity index (χ3v) is 17.4. The van der Waals surface area contributed by atoms with Crippen molar-refractivity contribution in [3.8, 4) is 16.9 Å². The lowest BCUT2D eigenvalue weighted by Crippen LogP contribution is -2.49. The van der Waals surface area contributed by atoms with E-state index in [2.05, 4.69) is 68.4 Å². The smallest absolute Gasteiger partial charge is 0.358 e. The molecule has 78 heavy (non-hydrogen) atoms. The second kappa shape index (κ2) is 22.3. The highest BCUT2D eigenvalue weighted by Crippen LogP contribution is 2.39. The lowest BCUT2D eigenvalue weighted by molar-refractivity contribution is -0.134. The van der Waals surface area contributed by atoms with Crippen LogP contribution in [0.2, 0.25) is 0 Å². The van der Waals surface area contributed by atoms with E-state index < -0.39 is 17.5 Å². The SMILES string of the molecule is Cc1c(OC2CCC(CCC[C@@H](C)N3CCN(c4cccc5c(C6CCC(=O)NC6=O)nn(C)c45)CC3)CC2)cccc1-c1ccc(N2CCc3cccc(C(=O)Nc4nc5ccccc5s4)c3C2)nc1C(=O)OC(C)(C)C. The molecular formula is C62H71N9O6S. The van der Waals surface area contributed by atoms with Gasteiger partial charge in [0, 0.05) is 75.3 Å². The van der Waals surface area contributed by atoms with Gasteiger partial charge in [-0.2, -0.15) is 5.10 Å². The molecule has 0 spiro atoms. The van der Waals surface area contributed by atoms with Crippen LogP contribution in [0.4, 0.5) is 16.6 Å². The van der Waals surface area contributed by atoms with Gasteiger partial charge < -0.3 is 19.3 Å². The minimum atomic E-state index is -0.733. The highest BCUT2D eigenvalue weighted by atomic mass is 32.1. The molecule has 3 fully saturated rings. The number of nitrogens with zero attached hydrogens (tertiary/aromatic N) is 7. The molecule has 1 aliphatic carbocycles. The second-order valence-corrected chi connectivity index (χ2v) is 23.8. The van der Waals surface area contributed by atoms with Gasteiger partial charge in [0.15, 0.2) is 10.8 Å². The first kappa shape index (κ1) is 52.9. The number of hydrogen-bond acceptors (Lipinski definition) is 13. The molecule has 4 aromatic carbocycles. The molecule has 3 aromatic heterocycles. The average molecular weight is 1070 g/mol. The molecule has 4 aliphatic rings. The Labute approximate surface area is 460 Å². The molecule has 16 heteroatoms. The van der Waals surface area contributed by atoms with Gasteiger partial charge in [-0.05, 0) is 150 Å². The maximum absolute atomic E-state index is 14.2. The molecule has 3 aliphatic heterocycles. The first-order valence-corrected chi connectivity index (χ1v) is 28.8. The zero-order valence-corrected chi connectivity index (χ0v) is 46.6. The molecule has 15 nitrogen and oxygen atoms in total. The number of fused-ring (bicyclic) bond motifs is 3. The third-order valence-electron chi connectivity index (χ3n) is 16.4. The van der Waals surface area contributed by atoms with Crippen LogP contribution in [0, 0.1) is 12.8 Å². The van der Waals surface area contributed by atoms with E-state index in [1.807, 2.05) is 99.2 Å². The minimum Gasteiger partial charge on any atom is -0.490 e. The molecule has 2 saturated heterocycles. The fourth-order valence-electron chi connectivity index (χ4n) is 12.3. The van der Waals surface area contributed by atoms with E-state index in [0.29, 0.717) is 66.4 Å². The van der Waals surface area contributed by atoms with Crippen LogP contribution in [0.25, 0.3) is 32.2 Å². The van der Waals surface area contributed by atoms with Crippen molar-refractivity contribution in [2.24, 2.45) is 13.0 Å². The van der Waals surface area contributed by atoms with Gasteiger partial charge in [0.05, 0.1) is 39.1 Å². The van der Waals surface area contributed by atoms with Gasteiger partial charge in [-0.3, -0.25) is 34.6 Å². The number of carbonyl (C=O) groups excluding carboxylic acids is 4. The van der Waals surface area contributed by atoms with Gasteiger partial charge in [0.25, 0.3) is 5.91 Å². The number of pyridine rings is 1. The number of hydrogen-bond donors (Lipinski definition) is 2. The molecule has 11 rings (SSSR count). The van der Waals surface area contributed by atoms with Gasteiger partial charge in [-0.15, -0.1) is 0 Å². The fraction of sp³-hybridized carbons (Fsp3) is 0.435. The van der Waals surface area contributed by atoms with Crippen molar-refractivity contribution in [3.63, 3.8) is 0 Å². The van der Waals surface area contributed by atoms with E-state index in [9.17, 15) is 19.2 Å². The number of thiazole rings is 1. The summed E-state index contributed by atoms with van der Waals surface area (Å²) in [5.41, 5.74) is 8.47. The first-order chi connectivity index (χ1) is 37.6. The second-order valence-electron chi connectivity index (χ2n) is 22.8. The number of piperazine rings is 1. The lowest BCUT2D eigenvalue weighted by atomic mass is 9.84. The zero-order chi connectivity index (χ0) is 54.2. The average Bonchev–Trinajstić information content (AvgIpc) is 4.11. The van der Waals surface area contributed by atoms with Crippen LogP contribution in [0.1, 0.15) is 135 Å². The lowest BCUT2D eigenvalue weighted by Gasteiger charge is -2.39. The Morgan fingerprint density at radius 3 is 2.40 bits per heavy atom. The normalized spacial score (nSPS) is 19.6. The maximum Gasteiger partial charge on any atom is 0.358 e. The topological polar surface area (TPSA) is 164 Å². The number of carbonyl (C=O) groups is 4. The van der Waals surface area contributed by atoms with Crippen molar-refractivity contribution in [2.45, 2.75) is 129 Å². The van der Waals surface area contributed by atoms with Crippen LogP contribution in [0.3, 0.4) is 0 Å². The quantitative estimate of drug-likeness (QED) is 0.0784. The highest BCUT2D eigenvalue weighted by molar-refractivity contribution is 7.22. The fourth-order valence-corrected chi connectivity index (χ4v) is 13.1. The third kappa shape index (κ3) is 11.2. The largest absolute Gasteiger partial charge is 0.490 e. The Morgan fingerprint density at radius 1 is 0.833 bits per heavy atom. The maximum atomic E-state index is 14.2. The molecule has 7 aromatic rings. The van der Waals surface area contributed by atoms with Crippen LogP contribution in [-0.2, 0) is 34.3 Å². The van der Waals surface area contributed by atoms with Gasteiger partial charge in [-0.25, -0.2) is 14.8 Å². The molecule has 2 N–H and O–H groups in total. The minimum absolute atomic E-state index is 0.118. The van der Waals surface area contributed by atoms with Gasteiger partial charge in [0.2, 0.25) is 11.8 Å². The molecular weight excluding hydrogens is 999 g/mol. The number of anilines is 3. The molecule has 1 unspecified atom stereocenters. The number of piperidine rings is 1. The summed E-state index contributed by atoms with van der Waals surface area (Å²) < 4.78 is 15.7. The van der Waals surface area contributed by atoms with Crippen molar-refractivity contribution >= 4 is 72.8 Å². The Balaban J connectivity index is 0.691. The van der Waals surface area contributed by atoms with E-state index in [1.165, 1.54) is 30.6 Å². The Kier molecular flexibility index (Phi) is 15.1. The Hall–Kier alpha value is -7.17. The summed E-state index contributed by atoms with van der Waals surface area (Å²) in [4.78, 5) is 69.5. The summed E-state index contributed by atoms with van der Waals surface area (Å²) in [7, 11) is 1.95. The number of imide groups is 1. The zero-order valence-electron chi connectivity index (χ0n) is 45.8. The van der Waals surface area contributed by atoms with E-state index in [1.54, 1.807) is 0 Å². The summed E-state index contributed by atoms with van der Waals surface area (Å²) in [5.74, 6) is 0.567. The number of benzene rings is 4. The van der Waals surface area contributed by atoms with E-state index in [-0.39, 0.29) is 29.5 Å². The first-order valence-electron chi connectivity index (χ1n) is 28.0. The summed E-state index contributed by atoms with van der Waals surface area (Å²) in [5, 5.41) is 11.9. The predicted molar refractivity (Wildman–Crippen MR) is 308 cm³/mol. The van der Waals surface area contributed by atoms with Crippen molar-refractivity contribution in [1.82, 2.24) is 30.0 Å². The number of ether oxygens (including phenoxy) is 2. The number of aromatic nitrogens is 4. The number of nitrogens with one attached hydrogen (secondary N) is 2. The number of esters is 1. The monoisotopic (exact) mass is 1070 g/mol. The molecule has 1 saturated carbocycles. The molecule has 406 valence electrons. The summed E-state index contributed by atoms with van der Waals surface area (Å²) in [6, 6.07) is 30.5. The molecule has 6 heterocycles. The van der Waals surface area contributed by atoms with Gasteiger partial charge >= 0.3 is 5.97 Å². The van der Waals surface area contributed by atoms with Gasteiger partial charge in [0.1, 0.15) is 17.2 Å². The highest BCUT2D eigenvalue weighted by Gasteiger charge is 2.34. The van der Waals surface area contributed by atoms with Crippen LogP contribution in [0.15, 0.2) is 91.0 Å². The van der Waals surface area contributed by atoms with Crippen LogP contribution in [0.5, 0.6) is 5.75 Å². The molecule has 2 atom stereocenters. The van der Waals surface area contributed by atoms with E-state index in [0.717, 1.165) is 112 Å². The van der Waals surface area contributed by atoms with E-state index >= 15 is 0 Å². The Bertz CT molecular complexity index is 3370. The molecule has 3 amide bonds. The Morgan fingerprint density at radius 2 is 1.62 bits per heavy atom.